The van der Waals surface area contributed by atoms with E-state index in [0.717, 1.165) is 18.8 Å². The van der Waals surface area contributed by atoms with Crippen LogP contribution >= 0.6 is 0 Å². The second-order valence-corrected chi connectivity index (χ2v) is 5.56. The van der Waals surface area contributed by atoms with E-state index in [1.807, 2.05) is 6.07 Å². The Labute approximate surface area is 109 Å². The molecule has 2 N–H and O–H groups in total. The molecule has 18 heavy (non-hydrogen) atoms. The molecule has 0 atom stereocenters. The van der Waals surface area contributed by atoms with E-state index in [4.69, 9.17) is 5.73 Å². The standard InChI is InChI=1S/C15H23FN2/c1-3-7-15(8-4-2)10-18(11-15)12-5-6-13(16)14(17)9-12/h5-6,9H,3-4,7-8,10-11,17H2,1-2H3. The Morgan fingerprint density at radius 1 is 1.22 bits per heavy atom. The molecule has 1 fully saturated rings. The Morgan fingerprint density at radius 2 is 1.83 bits per heavy atom. The topological polar surface area (TPSA) is 29.3 Å². The monoisotopic (exact) mass is 250 g/mol. The third-order valence-corrected chi connectivity index (χ3v) is 3.96. The summed E-state index contributed by atoms with van der Waals surface area (Å²) in [5, 5.41) is 0. The van der Waals surface area contributed by atoms with Gasteiger partial charge in [-0.2, -0.15) is 0 Å². The number of anilines is 2. The van der Waals surface area contributed by atoms with E-state index in [0.29, 0.717) is 5.41 Å². The molecule has 1 aliphatic rings. The highest BCUT2D eigenvalue weighted by Gasteiger charge is 2.41. The highest BCUT2D eigenvalue weighted by Crippen LogP contribution is 2.42. The Bertz CT molecular complexity index is 403. The van der Waals surface area contributed by atoms with E-state index in [-0.39, 0.29) is 11.5 Å². The molecule has 0 aliphatic carbocycles. The minimum atomic E-state index is -0.326. The molecule has 1 aliphatic heterocycles. The Hall–Kier alpha value is -1.25. The third kappa shape index (κ3) is 2.45. The van der Waals surface area contributed by atoms with Crippen molar-refractivity contribution in [3.05, 3.63) is 24.0 Å². The largest absolute Gasteiger partial charge is 0.396 e. The van der Waals surface area contributed by atoms with Crippen molar-refractivity contribution in [2.75, 3.05) is 23.7 Å². The van der Waals surface area contributed by atoms with Crippen LogP contribution < -0.4 is 10.6 Å². The van der Waals surface area contributed by atoms with E-state index in [9.17, 15) is 4.39 Å². The number of nitrogen functional groups attached to an aromatic ring is 1. The number of nitrogens with two attached hydrogens (primary N) is 1. The fourth-order valence-electron chi connectivity index (χ4n) is 3.18. The maximum atomic E-state index is 13.1. The molecule has 2 rings (SSSR count). The molecule has 2 nitrogen and oxygen atoms in total. The zero-order valence-electron chi connectivity index (χ0n) is 11.4. The van der Waals surface area contributed by atoms with Crippen LogP contribution in [0.1, 0.15) is 39.5 Å². The summed E-state index contributed by atoms with van der Waals surface area (Å²) in [7, 11) is 0. The van der Waals surface area contributed by atoms with Crippen LogP contribution in [0, 0.1) is 11.2 Å². The Balaban J connectivity index is 2.04. The van der Waals surface area contributed by atoms with E-state index in [2.05, 4.69) is 18.7 Å². The number of benzene rings is 1. The van der Waals surface area contributed by atoms with Crippen molar-refractivity contribution >= 4 is 11.4 Å². The van der Waals surface area contributed by atoms with Crippen molar-refractivity contribution in [1.29, 1.82) is 0 Å². The van der Waals surface area contributed by atoms with E-state index in [1.165, 1.54) is 31.7 Å². The van der Waals surface area contributed by atoms with Crippen molar-refractivity contribution in [3.63, 3.8) is 0 Å². The van der Waals surface area contributed by atoms with Crippen LogP contribution in [0.3, 0.4) is 0 Å². The molecule has 1 aromatic rings. The van der Waals surface area contributed by atoms with Gasteiger partial charge in [0.2, 0.25) is 0 Å². The van der Waals surface area contributed by atoms with Gasteiger partial charge in [-0.1, -0.05) is 26.7 Å². The fraction of sp³-hybridized carbons (Fsp3) is 0.600. The average Bonchev–Trinajstić information content (AvgIpc) is 2.29. The summed E-state index contributed by atoms with van der Waals surface area (Å²) in [5.41, 5.74) is 7.40. The first-order valence-electron chi connectivity index (χ1n) is 6.90. The van der Waals surface area contributed by atoms with E-state index >= 15 is 0 Å². The van der Waals surface area contributed by atoms with Gasteiger partial charge in [0.15, 0.2) is 0 Å². The summed E-state index contributed by atoms with van der Waals surface area (Å²) in [5.74, 6) is -0.326. The fourth-order valence-corrected chi connectivity index (χ4v) is 3.18. The van der Waals surface area contributed by atoms with E-state index < -0.39 is 0 Å². The van der Waals surface area contributed by atoms with Gasteiger partial charge in [-0.15, -0.1) is 0 Å². The normalized spacial score (nSPS) is 17.6. The maximum Gasteiger partial charge on any atom is 0.146 e. The number of rotatable bonds is 5. The molecule has 0 amide bonds. The molecule has 100 valence electrons. The van der Waals surface area contributed by atoms with Crippen LogP contribution in [0.25, 0.3) is 0 Å². The molecule has 0 spiro atoms. The summed E-state index contributed by atoms with van der Waals surface area (Å²) in [4.78, 5) is 2.31. The number of hydrogen-bond acceptors (Lipinski definition) is 2. The van der Waals surface area contributed by atoms with Crippen LogP contribution in [0.5, 0.6) is 0 Å². The van der Waals surface area contributed by atoms with Gasteiger partial charge < -0.3 is 10.6 Å². The van der Waals surface area contributed by atoms with Crippen molar-refractivity contribution in [3.8, 4) is 0 Å². The molecule has 0 bridgehead atoms. The molecule has 0 unspecified atom stereocenters. The zero-order chi connectivity index (χ0) is 13.2. The van der Waals surface area contributed by atoms with Gasteiger partial charge in [0, 0.05) is 24.2 Å². The average molecular weight is 250 g/mol. The zero-order valence-corrected chi connectivity index (χ0v) is 11.4. The summed E-state index contributed by atoms with van der Waals surface area (Å²) in [6, 6.07) is 5.04. The van der Waals surface area contributed by atoms with Crippen LogP contribution in [-0.2, 0) is 0 Å². The smallest absolute Gasteiger partial charge is 0.146 e. The number of hydrogen-bond donors (Lipinski definition) is 1. The predicted octanol–water partition coefficient (Wildman–Crippen LogP) is 3.81. The second kappa shape index (κ2) is 5.17. The van der Waals surface area contributed by atoms with Gasteiger partial charge >= 0.3 is 0 Å². The first kappa shape index (κ1) is 13.2. The van der Waals surface area contributed by atoms with Gasteiger partial charge in [-0.25, -0.2) is 4.39 Å². The molecule has 3 heteroatoms. The summed E-state index contributed by atoms with van der Waals surface area (Å²) < 4.78 is 13.1. The van der Waals surface area contributed by atoms with Crippen molar-refractivity contribution in [1.82, 2.24) is 0 Å². The predicted molar refractivity (Wildman–Crippen MR) is 75.3 cm³/mol. The molecule has 0 radical (unpaired) electrons. The number of halogens is 1. The molecule has 1 heterocycles. The first-order chi connectivity index (χ1) is 8.60. The summed E-state index contributed by atoms with van der Waals surface area (Å²) in [6.45, 7) is 6.66. The minimum Gasteiger partial charge on any atom is -0.396 e. The van der Waals surface area contributed by atoms with Crippen LogP contribution in [0.4, 0.5) is 15.8 Å². The molecule has 1 aromatic carbocycles. The van der Waals surface area contributed by atoms with Crippen molar-refractivity contribution in [2.24, 2.45) is 5.41 Å². The Morgan fingerprint density at radius 3 is 2.33 bits per heavy atom. The van der Waals surface area contributed by atoms with Crippen molar-refractivity contribution < 1.29 is 4.39 Å². The summed E-state index contributed by atoms with van der Waals surface area (Å²) >= 11 is 0. The quantitative estimate of drug-likeness (QED) is 0.805. The third-order valence-electron chi connectivity index (χ3n) is 3.96. The first-order valence-corrected chi connectivity index (χ1v) is 6.90. The lowest BCUT2D eigenvalue weighted by Gasteiger charge is -2.52. The van der Waals surface area contributed by atoms with Gasteiger partial charge in [0.05, 0.1) is 5.69 Å². The Kier molecular flexibility index (Phi) is 3.79. The lowest BCUT2D eigenvalue weighted by Crippen LogP contribution is -2.56. The maximum absolute atomic E-state index is 13.1. The minimum absolute atomic E-state index is 0.246. The second-order valence-electron chi connectivity index (χ2n) is 5.56. The van der Waals surface area contributed by atoms with Gasteiger partial charge in [0.25, 0.3) is 0 Å². The molecule has 0 aromatic heterocycles. The van der Waals surface area contributed by atoms with Crippen LogP contribution in [-0.4, -0.2) is 13.1 Å². The molecular formula is C15H23FN2. The molecule has 0 saturated carbocycles. The SMILES string of the molecule is CCCC1(CCC)CN(c2ccc(F)c(N)c2)C1. The van der Waals surface area contributed by atoms with E-state index in [1.54, 1.807) is 6.07 Å². The lowest BCUT2D eigenvalue weighted by molar-refractivity contribution is 0.173. The number of nitrogens with zero attached hydrogens (tertiary/aromatic N) is 1. The lowest BCUT2D eigenvalue weighted by atomic mass is 9.72. The molecule has 1 saturated heterocycles. The highest BCUT2D eigenvalue weighted by atomic mass is 19.1. The van der Waals surface area contributed by atoms with Gasteiger partial charge in [-0.05, 0) is 31.0 Å². The van der Waals surface area contributed by atoms with Crippen molar-refractivity contribution in [2.45, 2.75) is 39.5 Å². The van der Waals surface area contributed by atoms with Crippen LogP contribution in [0.15, 0.2) is 18.2 Å². The molecular weight excluding hydrogens is 227 g/mol. The summed E-state index contributed by atoms with van der Waals surface area (Å²) in [6.07, 6.45) is 5.04. The van der Waals surface area contributed by atoms with Crippen LogP contribution in [0.2, 0.25) is 0 Å². The van der Waals surface area contributed by atoms with Gasteiger partial charge in [0.1, 0.15) is 5.82 Å². The highest BCUT2D eigenvalue weighted by molar-refractivity contribution is 5.58. The van der Waals surface area contributed by atoms with Gasteiger partial charge in [-0.3, -0.25) is 0 Å².